The minimum Gasteiger partial charge on any atom is -0.490 e. The molecule has 1 aromatic rings. The molecule has 96 valence electrons. The molecule has 0 spiro atoms. The van der Waals surface area contributed by atoms with Crippen LogP contribution in [0.3, 0.4) is 0 Å². The molecule has 0 bridgehead atoms. The molecule has 0 saturated carbocycles. The van der Waals surface area contributed by atoms with Crippen molar-refractivity contribution in [1.29, 1.82) is 0 Å². The lowest BCUT2D eigenvalue weighted by Gasteiger charge is -2.11. The predicted molar refractivity (Wildman–Crippen MR) is 76.1 cm³/mol. The molecule has 17 heavy (non-hydrogen) atoms. The smallest absolute Gasteiger partial charge is 0.159 e. The van der Waals surface area contributed by atoms with Crippen molar-refractivity contribution in [2.75, 3.05) is 6.61 Å². The van der Waals surface area contributed by atoms with E-state index in [4.69, 9.17) is 51.1 Å². The Morgan fingerprint density at radius 1 is 0.941 bits per heavy atom. The molecule has 1 aromatic carbocycles. The van der Waals surface area contributed by atoms with Gasteiger partial charge >= 0.3 is 0 Å². The molecule has 0 unspecified atom stereocenters. The van der Waals surface area contributed by atoms with Crippen LogP contribution in [0.15, 0.2) is 6.07 Å². The standard InChI is InChI=1S/C12H14Cl4O/c1-2-3-4-5-6-17-12-10(15)8(13)7-9(14)11(12)16/h7H,2-6H2,1H3. The number of ether oxygens (including phenoxy) is 1. The van der Waals surface area contributed by atoms with Crippen molar-refractivity contribution < 1.29 is 4.74 Å². The molecule has 0 saturated heterocycles. The highest BCUT2D eigenvalue weighted by atomic mass is 35.5. The highest BCUT2D eigenvalue weighted by molar-refractivity contribution is 6.48. The summed E-state index contributed by atoms with van der Waals surface area (Å²) in [6, 6.07) is 1.51. The Labute approximate surface area is 122 Å². The molecule has 0 aliphatic rings. The molecule has 5 heteroatoms. The molecule has 0 aromatic heterocycles. The van der Waals surface area contributed by atoms with E-state index in [2.05, 4.69) is 6.92 Å². The lowest BCUT2D eigenvalue weighted by molar-refractivity contribution is 0.305. The summed E-state index contributed by atoms with van der Waals surface area (Å²) in [4.78, 5) is 0. The Kier molecular flexibility index (Phi) is 6.79. The van der Waals surface area contributed by atoms with Gasteiger partial charge in [0.2, 0.25) is 0 Å². The SMILES string of the molecule is CCCCCCOc1c(Cl)c(Cl)cc(Cl)c1Cl. The summed E-state index contributed by atoms with van der Waals surface area (Å²) in [5.41, 5.74) is 0. The van der Waals surface area contributed by atoms with Crippen LogP contribution in [0.2, 0.25) is 20.1 Å². The average Bonchev–Trinajstić information content (AvgIpc) is 2.30. The van der Waals surface area contributed by atoms with E-state index >= 15 is 0 Å². The maximum Gasteiger partial charge on any atom is 0.159 e. The second-order valence-electron chi connectivity index (χ2n) is 3.71. The quantitative estimate of drug-likeness (QED) is 0.444. The summed E-state index contributed by atoms with van der Waals surface area (Å²) in [7, 11) is 0. The summed E-state index contributed by atoms with van der Waals surface area (Å²) < 4.78 is 5.54. The first kappa shape index (κ1) is 15.2. The molecule has 0 radical (unpaired) electrons. The first-order valence-electron chi connectivity index (χ1n) is 5.53. The number of benzene rings is 1. The van der Waals surface area contributed by atoms with Gasteiger partial charge in [0.1, 0.15) is 10.0 Å². The van der Waals surface area contributed by atoms with Crippen LogP contribution in [0, 0.1) is 0 Å². The number of hydrogen-bond acceptors (Lipinski definition) is 1. The third kappa shape index (κ3) is 4.40. The topological polar surface area (TPSA) is 9.23 Å². The third-order valence-corrected chi connectivity index (χ3v) is 3.86. The Hall–Kier alpha value is 0.180. The molecule has 0 aliphatic heterocycles. The molecule has 0 fully saturated rings. The van der Waals surface area contributed by atoms with Crippen LogP contribution in [-0.4, -0.2) is 6.61 Å². The zero-order chi connectivity index (χ0) is 12.8. The van der Waals surface area contributed by atoms with E-state index in [0.29, 0.717) is 32.4 Å². The van der Waals surface area contributed by atoms with Crippen molar-refractivity contribution >= 4 is 46.4 Å². The number of hydrogen-bond donors (Lipinski definition) is 0. The maximum atomic E-state index is 6.01. The van der Waals surface area contributed by atoms with Crippen molar-refractivity contribution in [2.24, 2.45) is 0 Å². The fraction of sp³-hybridized carbons (Fsp3) is 0.500. The van der Waals surface area contributed by atoms with E-state index in [1.54, 1.807) is 0 Å². The summed E-state index contributed by atoms with van der Waals surface area (Å²) in [5.74, 6) is 0.377. The molecular weight excluding hydrogens is 302 g/mol. The molecule has 0 atom stereocenters. The zero-order valence-corrected chi connectivity index (χ0v) is 12.6. The van der Waals surface area contributed by atoms with Gasteiger partial charge in [-0.2, -0.15) is 0 Å². The summed E-state index contributed by atoms with van der Waals surface area (Å²) in [6.07, 6.45) is 4.47. The van der Waals surface area contributed by atoms with Crippen LogP contribution in [-0.2, 0) is 0 Å². The van der Waals surface area contributed by atoms with Gasteiger partial charge in [0.05, 0.1) is 16.7 Å². The van der Waals surface area contributed by atoms with Gasteiger partial charge in [-0.25, -0.2) is 0 Å². The van der Waals surface area contributed by atoms with Crippen LogP contribution in [0.1, 0.15) is 32.6 Å². The maximum absolute atomic E-state index is 6.01. The largest absolute Gasteiger partial charge is 0.490 e. The van der Waals surface area contributed by atoms with Gasteiger partial charge < -0.3 is 4.74 Å². The fourth-order valence-electron chi connectivity index (χ4n) is 1.38. The van der Waals surface area contributed by atoms with Gasteiger partial charge in [-0.15, -0.1) is 0 Å². The van der Waals surface area contributed by atoms with E-state index in [1.165, 1.54) is 18.9 Å². The highest BCUT2D eigenvalue weighted by Crippen LogP contribution is 2.42. The van der Waals surface area contributed by atoms with E-state index in [-0.39, 0.29) is 0 Å². The predicted octanol–water partition coefficient (Wildman–Crippen LogP) is 6.26. The van der Waals surface area contributed by atoms with Gasteiger partial charge in [0, 0.05) is 0 Å². The van der Waals surface area contributed by atoms with Crippen molar-refractivity contribution in [3.63, 3.8) is 0 Å². The molecular formula is C12H14Cl4O. The lowest BCUT2D eigenvalue weighted by Crippen LogP contribution is -1.99. The van der Waals surface area contributed by atoms with Gasteiger partial charge in [-0.05, 0) is 12.5 Å². The molecule has 1 rings (SSSR count). The van der Waals surface area contributed by atoms with Crippen LogP contribution >= 0.6 is 46.4 Å². The number of halogens is 4. The second kappa shape index (κ2) is 7.58. The molecule has 0 amide bonds. The highest BCUT2D eigenvalue weighted by Gasteiger charge is 2.15. The van der Waals surface area contributed by atoms with Crippen LogP contribution in [0.4, 0.5) is 0 Å². The van der Waals surface area contributed by atoms with Gasteiger partial charge in [0.15, 0.2) is 5.75 Å². The summed E-state index contributed by atoms with van der Waals surface area (Å²) >= 11 is 23.8. The third-order valence-electron chi connectivity index (χ3n) is 2.32. The number of unbranched alkanes of at least 4 members (excludes halogenated alkanes) is 3. The normalized spacial score (nSPS) is 10.6. The van der Waals surface area contributed by atoms with Crippen LogP contribution in [0.5, 0.6) is 5.75 Å². The summed E-state index contributed by atoms with van der Waals surface area (Å²) in [6.45, 7) is 2.72. The lowest BCUT2D eigenvalue weighted by atomic mass is 10.2. The van der Waals surface area contributed by atoms with Gasteiger partial charge in [-0.1, -0.05) is 72.6 Å². The molecule has 0 heterocycles. The fourth-order valence-corrected chi connectivity index (χ4v) is 2.28. The first-order valence-corrected chi connectivity index (χ1v) is 7.05. The molecule has 0 aliphatic carbocycles. The van der Waals surface area contributed by atoms with Crippen molar-refractivity contribution in [2.45, 2.75) is 32.6 Å². The van der Waals surface area contributed by atoms with Crippen molar-refractivity contribution in [3.8, 4) is 5.75 Å². The Balaban J connectivity index is 2.64. The number of rotatable bonds is 6. The van der Waals surface area contributed by atoms with Gasteiger partial charge in [0.25, 0.3) is 0 Å². The Morgan fingerprint density at radius 3 is 2.06 bits per heavy atom. The minimum atomic E-state index is 0.316. The van der Waals surface area contributed by atoms with Crippen LogP contribution in [0.25, 0.3) is 0 Å². The van der Waals surface area contributed by atoms with Gasteiger partial charge in [-0.3, -0.25) is 0 Å². The van der Waals surface area contributed by atoms with E-state index in [1.807, 2.05) is 0 Å². The monoisotopic (exact) mass is 314 g/mol. The van der Waals surface area contributed by atoms with Crippen molar-refractivity contribution in [3.05, 3.63) is 26.2 Å². The second-order valence-corrected chi connectivity index (χ2v) is 5.28. The van der Waals surface area contributed by atoms with E-state index in [9.17, 15) is 0 Å². The van der Waals surface area contributed by atoms with Crippen molar-refractivity contribution in [1.82, 2.24) is 0 Å². The van der Waals surface area contributed by atoms with Crippen LogP contribution < -0.4 is 4.74 Å². The van der Waals surface area contributed by atoms with E-state index in [0.717, 1.165) is 12.8 Å². The Bertz CT molecular complexity index is 353. The minimum absolute atomic E-state index is 0.316. The zero-order valence-electron chi connectivity index (χ0n) is 9.53. The molecule has 1 nitrogen and oxygen atoms in total. The first-order chi connectivity index (χ1) is 8.07. The van der Waals surface area contributed by atoms with E-state index < -0.39 is 0 Å². The average molecular weight is 316 g/mol. The summed E-state index contributed by atoms with van der Waals surface area (Å²) in [5, 5.41) is 1.34. The molecule has 0 N–H and O–H groups in total. The Morgan fingerprint density at radius 2 is 1.53 bits per heavy atom.